The highest BCUT2D eigenvalue weighted by atomic mass is 35.5. The topological polar surface area (TPSA) is 66.9 Å². The van der Waals surface area contributed by atoms with Crippen molar-refractivity contribution in [2.24, 2.45) is 5.92 Å². The van der Waals surface area contributed by atoms with Gasteiger partial charge in [0, 0.05) is 30.7 Å². The van der Waals surface area contributed by atoms with Crippen molar-refractivity contribution in [2.45, 2.75) is 25.8 Å². The molecule has 3 aliphatic rings. The van der Waals surface area contributed by atoms with Crippen LogP contribution >= 0.6 is 11.6 Å². The Morgan fingerprint density at radius 3 is 2.72 bits per heavy atom. The van der Waals surface area contributed by atoms with E-state index in [-0.39, 0.29) is 24.5 Å². The Morgan fingerprint density at radius 1 is 1.28 bits per heavy atom. The predicted molar refractivity (Wildman–Crippen MR) is 96.3 cm³/mol. The predicted octanol–water partition coefficient (Wildman–Crippen LogP) is 1.91. The number of hydrogen-bond donors (Lipinski definition) is 0. The van der Waals surface area contributed by atoms with E-state index < -0.39 is 10.0 Å². The lowest BCUT2D eigenvalue weighted by Gasteiger charge is -2.36. The number of amides is 1. The fraction of sp³-hybridized carbons (Fsp3) is 0.588. The summed E-state index contributed by atoms with van der Waals surface area (Å²) in [4.78, 5) is 14.5. The first-order valence-electron chi connectivity index (χ1n) is 8.37. The molecular formula is C17H23ClN2O4S. The highest BCUT2D eigenvalue weighted by molar-refractivity contribution is 7.88. The molecule has 0 radical (unpaired) electrons. The van der Waals surface area contributed by atoms with Gasteiger partial charge in [-0.25, -0.2) is 8.42 Å². The van der Waals surface area contributed by atoms with E-state index in [1.165, 1.54) is 10.6 Å². The van der Waals surface area contributed by atoms with Crippen LogP contribution in [0.4, 0.5) is 0 Å². The summed E-state index contributed by atoms with van der Waals surface area (Å²) in [5.74, 6) is 0.726. The van der Waals surface area contributed by atoms with E-state index in [2.05, 4.69) is 0 Å². The maximum absolute atomic E-state index is 12.7. The zero-order valence-electron chi connectivity index (χ0n) is 14.4. The van der Waals surface area contributed by atoms with Crippen LogP contribution < -0.4 is 4.74 Å². The number of halogens is 1. The first-order chi connectivity index (χ1) is 11.7. The molecule has 2 bridgehead atoms. The van der Waals surface area contributed by atoms with Gasteiger partial charge in [-0.15, -0.1) is 0 Å². The second-order valence-electron chi connectivity index (χ2n) is 6.92. The van der Waals surface area contributed by atoms with Crippen LogP contribution in [-0.2, 0) is 14.8 Å². The molecule has 0 N–H and O–H groups in total. The van der Waals surface area contributed by atoms with Crippen molar-refractivity contribution in [3.8, 4) is 5.75 Å². The van der Waals surface area contributed by atoms with Crippen molar-refractivity contribution in [2.75, 3.05) is 32.5 Å². The zero-order chi connectivity index (χ0) is 18.2. The molecule has 1 amide bonds. The normalized spacial score (nSPS) is 24.2. The molecule has 1 aromatic rings. The molecule has 6 nitrogen and oxygen atoms in total. The van der Waals surface area contributed by atoms with Gasteiger partial charge in [-0.1, -0.05) is 11.6 Å². The zero-order valence-corrected chi connectivity index (χ0v) is 16.0. The second-order valence-corrected chi connectivity index (χ2v) is 9.34. The van der Waals surface area contributed by atoms with Crippen molar-refractivity contribution < 1.29 is 17.9 Å². The van der Waals surface area contributed by atoms with Crippen molar-refractivity contribution in [3.05, 3.63) is 28.8 Å². The molecule has 3 aliphatic heterocycles. The maximum atomic E-state index is 12.7. The fourth-order valence-corrected chi connectivity index (χ4v) is 4.76. The molecule has 0 aromatic heterocycles. The summed E-state index contributed by atoms with van der Waals surface area (Å²) < 4.78 is 31.0. The van der Waals surface area contributed by atoms with E-state index in [1.807, 2.05) is 6.92 Å². The molecule has 0 spiro atoms. The summed E-state index contributed by atoms with van der Waals surface area (Å²) >= 11 is 5.93. The van der Waals surface area contributed by atoms with Crippen LogP contribution in [0.5, 0.6) is 5.75 Å². The molecular weight excluding hydrogens is 364 g/mol. The Kier molecular flexibility index (Phi) is 5.27. The summed E-state index contributed by atoms with van der Waals surface area (Å²) in [5.41, 5.74) is 0.876. The number of hydrogen-bond acceptors (Lipinski definition) is 4. The number of fused-ring (bicyclic) bond motifs is 4. The Balaban J connectivity index is 1.66. The first-order valence-corrected chi connectivity index (χ1v) is 10.6. The molecule has 4 rings (SSSR count). The number of benzene rings is 1. The molecule has 25 heavy (non-hydrogen) atoms. The Hall–Kier alpha value is -1.31. The van der Waals surface area contributed by atoms with Crippen LogP contribution in [0.15, 0.2) is 18.2 Å². The number of nitrogens with zero attached hydrogens (tertiary/aromatic N) is 2. The minimum atomic E-state index is -3.24. The van der Waals surface area contributed by atoms with E-state index in [0.29, 0.717) is 30.4 Å². The van der Waals surface area contributed by atoms with Crippen LogP contribution in [0.1, 0.15) is 18.4 Å². The number of carbonyl (C=O) groups excluding carboxylic acids is 1. The highest BCUT2D eigenvalue weighted by Gasteiger charge is 2.39. The number of rotatable bonds is 4. The van der Waals surface area contributed by atoms with Gasteiger partial charge in [-0.2, -0.15) is 4.31 Å². The fourth-order valence-electron chi connectivity index (χ4n) is 3.61. The van der Waals surface area contributed by atoms with E-state index in [9.17, 15) is 13.2 Å². The molecule has 138 valence electrons. The van der Waals surface area contributed by atoms with Gasteiger partial charge in [0.1, 0.15) is 5.75 Å². The lowest BCUT2D eigenvalue weighted by molar-refractivity contribution is -0.137. The molecule has 0 saturated carbocycles. The average Bonchev–Trinajstić information content (AvgIpc) is 2.85. The lowest BCUT2D eigenvalue weighted by Crippen LogP contribution is -2.49. The molecule has 0 aliphatic carbocycles. The van der Waals surface area contributed by atoms with Gasteiger partial charge in [0.05, 0.1) is 6.26 Å². The third-order valence-electron chi connectivity index (χ3n) is 4.96. The molecule has 2 atom stereocenters. The van der Waals surface area contributed by atoms with Gasteiger partial charge in [-0.05, 0) is 49.4 Å². The molecule has 3 heterocycles. The monoisotopic (exact) mass is 386 g/mol. The number of ether oxygens (including phenoxy) is 1. The SMILES string of the molecule is Cc1cc(Cl)ccc1OCC(=O)N1C[C@H]2CC[C@@H]1CN(S(C)(=O)=O)C2. The molecule has 1 aromatic carbocycles. The van der Waals surface area contributed by atoms with E-state index in [0.717, 1.165) is 18.4 Å². The molecule has 8 heteroatoms. The number of piperidine rings is 1. The summed E-state index contributed by atoms with van der Waals surface area (Å²) in [6, 6.07) is 5.20. The van der Waals surface area contributed by atoms with Crippen LogP contribution in [0.25, 0.3) is 0 Å². The summed E-state index contributed by atoms with van der Waals surface area (Å²) in [5, 5.41) is 0.627. The van der Waals surface area contributed by atoms with E-state index in [1.54, 1.807) is 23.1 Å². The van der Waals surface area contributed by atoms with Gasteiger partial charge < -0.3 is 9.64 Å². The summed E-state index contributed by atoms with van der Waals surface area (Å²) in [6.07, 6.45) is 3.02. The average molecular weight is 387 g/mol. The van der Waals surface area contributed by atoms with Gasteiger partial charge in [0.15, 0.2) is 6.61 Å². The Labute approximate surface area is 153 Å². The van der Waals surface area contributed by atoms with Crippen molar-refractivity contribution >= 4 is 27.5 Å². The smallest absolute Gasteiger partial charge is 0.260 e. The van der Waals surface area contributed by atoms with E-state index in [4.69, 9.17) is 16.3 Å². The quantitative estimate of drug-likeness (QED) is 0.792. The van der Waals surface area contributed by atoms with E-state index >= 15 is 0 Å². The van der Waals surface area contributed by atoms with Gasteiger partial charge in [-0.3, -0.25) is 4.79 Å². The Morgan fingerprint density at radius 2 is 2.04 bits per heavy atom. The number of aryl methyl sites for hydroxylation is 1. The highest BCUT2D eigenvalue weighted by Crippen LogP contribution is 2.29. The standard InChI is InChI=1S/C17H23ClN2O4S/c1-12-7-14(18)4-6-16(12)24-11-17(21)20-9-13-3-5-15(20)10-19(8-13)25(2,22)23/h4,6-7,13,15H,3,5,8-11H2,1-2H3/t13-,15+/m0/s1. The van der Waals surface area contributed by atoms with Crippen LogP contribution in [0.3, 0.4) is 0 Å². The first kappa shape index (κ1) is 18.5. The largest absolute Gasteiger partial charge is 0.483 e. The van der Waals surface area contributed by atoms with Crippen LogP contribution in [0, 0.1) is 12.8 Å². The maximum Gasteiger partial charge on any atom is 0.260 e. The lowest BCUT2D eigenvalue weighted by atomic mass is 9.95. The van der Waals surface area contributed by atoms with Gasteiger partial charge in [0.2, 0.25) is 10.0 Å². The summed E-state index contributed by atoms with van der Waals surface area (Å²) in [7, 11) is -3.24. The molecule has 3 fully saturated rings. The summed E-state index contributed by atoms with van der Waals surface area (Å²) in [6.45, 7) is 3.30. The second kappa shape index (κ2) is 7.13. The number of carbonyl (C=O) groups is 1. The molecule has 3 saturated heterocycles. The van der Waals surface area contributed by atoms with Crippen LogP contribution in [0.2, 0.25) is 5.02 Å². The van der Waals surface area contributed by atoms with Gasteiger partial charge in [0.25, 0.3) is 5.91 Å². The molecule has 0 unspecified atom stereocenters. The van der Waals surface area contributed by atoms with Crippen molar-refractivity contribution in [1.29, 1.82) is 0 Å². The van der Waals surface area contributed by atoms with Gasteiger partial charge >= 0.3 is 0 Å². The minimum Gasteiger partial charge on any atom is -0.483 e. The van der Waals surface area contributed by atoms with Crippen LogP contribution in [-0.4, -0.2) is 62.1 Å². The minimum absolute atomic E-state index is 0.0510. The van der Waals surface area contributed by atoms with Crippen molar-refractivity contribution in [3.63, 3.8) is 0 Å². The third kappa shape index (κ3) is 4.27. The third-order valence-corrected chi connectivity index (χ3v) is 6.43. The van der Waals surface area contributed by atoms with Crippen molar-refractivity contribution in [1.82, 2.24) is 9.21 Å². The number of sulfonamides is 1. The Bertz CT molecular complexity index is 768.